The molecule has 0 aliphatic rings. The van der Waals surface area contributed by atoms with Crippen molar-refractivity contribution >= 4 is 15.7 Å². The van der Waals surface area contributed by atoms with Crippen LogP contribution in [0.3, 0.4) is 0 Å². The molecule has 0 heterocycles. The second-order valence-corrected chi connectivity index (χ2v) is 5.93. The predicted molar refractivity (Wildman–Crippen MR) is 80.3 cm³/mol. The number of nitrogen functional groups attached to an aromatic ring is 1. The van der Waals surface area contributed by atoms with Crippen LogP contribution in [0.2, 0.25) is 0 Å². The SMILES string of the molecule is CCOCCCNS(=O)(=O)c1cc(N)c(OC)cc1OC. The molecular formula is C13H22N2O5S. The third-order valence-corrected chi connectivity index (χ3v) is 4.25. The van der Waals surface area contributed by atoms with E-state index in [4.69, 9.17) is 19.9 Å². The Hall–Kier alpha value is -1.51. The first kappa shape index (κ1) is 17.5. The first-order valence-corrected chi connectivity index (χ1v) is 8.03. The Bertz CT molecular complexity index is 560. The third kappa shape index (κ3) is 4.76. The van der Waals surface area contributed by atoms with Crippen molar-refractivity contribution in [3.05, 3.63) is 12.1 Å². The molecule has 0 bridgehead atoms. The van der Waals surface area contributed by atoms with Crippen LogP contribution in [-0.2, 0) is 14.8 Å². The van der Waals surface area contributed by atoms with Gasteiger partial charge in [0.2, 0.25) is 10.0 Å². The van der Waals surface area contributed by atoms with E-state index in [2.05, 4.69) is 4.72 Å². The lowest BCUT2D eigenvalue weighted by Gasteiger charge is -2.13. The molecule has 3 N–H and O–H groups in total. The molecule has 0 radical (unpaired) electrons. The van der Waals surface area contributed by atoms with Gasteiger partial charge in [-0.3, -0.25) is 0 Å². The summed E-state index contributed by atoms with van der Waals surface area (Å²) in [6.45, 7) is 3.27. The van der Waals surface area contributed by atoms with Crippen molar-refractivity contribution in [2.45, 2.75) is 18.2 Å². The number of benzene rings is 1. The van der Waals surface area contributed by atoms with Gasteiger partial charge < -0.3 is 19.9 Å². The summed E-state index contributed by atoms with van der Waals surface area (Å²) in [4.78, 5) is -0.0142. The van der Waals surface area contributed by atoms with Gasteiger partial charge in [-0.25, -0.2) is 13.1 Å². The molecule has 0 aliphatic carbocycles. The summed E-state index contributed by atoms with van der Waals surface area (Å²) in [5.41, 5.74) is 5.98. The van der Waals surface area contributed by atoms with Crippen LogP contribution < -0.4 is 19.9 Å². The normalized spacial score (nSPS) is 11.4. The van der Waals surface area contributed by atoms with Gasteiger partial charge in [0.1, 0.15) is 16.4 Å². The highest BCUT2D eigenvalue weighted by Gasteiger charge is 2.21. The summed E-state index contributed by atoms with van der Waals surface area (Å²) in [5.74, 6) is 0.542. The molecule has 0 saturated heterocycles. The fourth-order valence-corrected chi connectivity index (χ4v) is 2.96. The summed E-state index contributed by atoms with van der Waals surface area (Å²) in [5, 5.41) is 0. The molecule has 0 aromatic heterocycles. The zero-order chi connectivity index (χ0) is 15.9. The average Bonchev–Trinajstić information content (AvgIpc) is 2.46. The van der Waals surface area contributed by atoms with E-state index in [0.717, 1.165) is 0 Å². The van der Waals surface area contributed by atoms with E-state index in [1.807, 2.05) is 6.92 Å². The van der Waals surface area contributed by atoms with E-state index >= 15 is 0 Å². The zero-order valence-electron chi connectivity index (χ0n) is 12.5. The first-order valence-electron chi connectivity index (χ1n) is 6.55. The lowest BCUT2D eigenvalue weighted by Crippen LogP contribution is -2.26. The van der Waals surface area contributed by atoms with Gasteiger partial charge in [-0.2, -0.15) is 0 Å². The minimum atomic E-state index is -3.70. The molecule has 0 amide bonds. The summed E-state index contributed by atoms with van der Waals surface area (Å²) in [6, 6.07) is 2.77. The Morgan fingerprint density at radius 2 is 1.86 bits per heavy atom. The third-order valence-electron chi connectivity index (χ3n) is 2.77. The van der Waals surface area contributed by atoms with Crippen molar-refractivity contribution in [3.8, 4) is 11.5 Å². The molecule has 0 aliphatic heterocycles. The highest BCUT2D eigenvalue weighted by Crippen LogP contribution is 2.33. The molecule has 1 aromatic rings. The molecule has 7 nitrogen and oxygen atoms in total. The molecule has 1 aromatic carbocycles. The van der Waals surface area contributed by atoms with Crippen molar-refractivity contribution in [2.24, 2.45) is 0 Å². The van der Waals surface area contributed by atoms with Gasteiger partial charge in [0, 0.05) is 25.8 Å². The number of anilines is 1. The van der Waals surface area contributed by atoms with Crippen LogP contribution in [0.25, 0.3) is 0 Å². The summed E-state index contributed by atoms with van der Waals surface area (Å²) < 4.78 is 42.3. The molecule has 0 saturated carbocycles. The standard InChI is InChI=1S/C13H22N2O5S/c1-4-20-7-5-6-15-21(16,17)13-8-10(14)11(18-2)9-12(13)19-3/h8-9,15H,4-7,14H2,1-3H3. The molecule has 0 unspecified atom stereocenters. The molecule has 21 heavy (non-hydrogen) atoms. The minimum absolute atomic E-state index is 0.0142. The second kappa shape index (κ2) is 8.06. The molecule has 120 valence electrons. The highest BCUT2D eigenvalue weighted by molar-refractivity contribution is 7.89. The number of nitrogens with one attached hydrogen (secondary N) is 1. The molecule has 0 spiro atoms. The smallest absolute Gasteiger partial charge is 0.244 e. The van der Waals surface area contributed by atoms with Gasteiger partial charge in [-0.05, 0) is 19.4 Å². The van der Waals surface area contributed by atoms with Crippen LogP contribution in [0.5, 0.6) is 11.5 Å². The first-order chi connectivity index (χ1) is 9.96. The maximum atomic E-state index is 12.3. The Morgan fingerprint density at radius 3 is 2.43 bits per heavy atom. The second-order valence-electron chi connectivity index (χ2n) is 4.19. The number of sulfonamides is 1. The Morgan fingerprint density at radius 1 is 1.19 bits per heavy atom. The van der Waals surface area contributed by atoms with Crippen LogP contribution in [-0.4, -0.2) is 42.4 Å². The molecule has 1 rings (SSSR count). The number of hydrogen-bond acceptors (Lipinski definition) is 6. The zero-order valence-corrected chi connectivity index (χ0v) is 13.3. The van der Waals surface area contributed by atoms with E-state index < -0.39 is 10.0 Å². The lowest BCUT2D eigenvalue weighted by atomic mass is 10.3. The molecule has 0 fully saturated rings. The maximum Gasteiger partial charge on any atom is 0.244 e. The van der Waals surface area contributed by atoms with Gasteiger partial charge in [0.05, 0.1) is 19.9 Å². The van der Waals surface area contributed by atoms with Gasteiger partial charge in [0.15, 0.2) is 0 Å². The largest absolute Gasteiger partial charge is 0.495 e. The van der Waals surface area contributed by atoms with E-state index in [1.54, 1.807) is 0 Å². The van der Waals surface area contributed by atoms with Gasteiger partial charge in [0.25, 0.3) is 0 Å². The van der Waals surface area contributed by atoms with E-state index in [0.29, 0.717) is 25.4 Å². The number of rotatable bonds is 9. The Balaban J connectivity index is 2.89. The number of ether oxygens (including phenoxy) is 3. The number of hydrogen-bond donors (Lipinski definition) is 2. The number of methoxy groups -OCH3 is 2. The summed E-state index contributed by atoms with van der Waals surface area (Å²) >= 11 is 0. The molecule has 0 atom stereocenters. The quantitative estimate of drug-likeness (QED) is 0.520. The van der Waals surface area contributed by atoms with Crippen LogP contribution >= 0.6 is 0 Å². The fraction of sp³-hybridized carbons (Fsp3) is 0.538. The molecule has 8 heteroatoms. The van der Waals surface area contributed by atoms with Crippen molar-refractivity contribution in [1.29, 1.82) is 0 Å². The topological polar surface area (TPSA) is 99.9 Å². The predicted octanol–water partition coefficient (Wildman–Crippen LogP) is 0.991. The summed E-state index contributed by atoms with van der Waals surface area (Å²) in [6.07, 6.45) is 0.584. The van der Waals surface area contributed by atoms with E-state index in [-0.39, 0.29) is 22.9 Å². The van der Waals surface area contributed by atoms with Gasteiger partial charge >= 0.3 is 0 Å². The van der Waals surface area contributed by atoms with E-state index in [9.17, 15) is 8.42 Å². The monoisotopic (exact) mass is 318 g/mol. The van der Waals surface area contributed by atoms with Gasteiger partial charge in [-0.1, -0.05) is 0 Å². The average molecular weight is 318 g/mol. The van der Waals surface area contributed by atoms with Crippen molar-refractivity contribution < 1.29 is 22.6 Å². The van der Waals surface area contributed by atoms with Crippen LogP contribution in [0.1, 0.15) is 13.3 Å². The van der Waals surface area contributed by atoms with Crippen molar-refractivity contribution in [3.63, 3.8) is 0 Å². The Kier molecular flexibility index (Phi) is 6.73. The highest BCUT2D eigenvalue weighted by atomic mass is 32.2. The van der Waals surface area contributed by atoms with E-state index in [1.165, 1.54) is 26.4 Å². The fourth-order valence-electron chi connectivity index (χ4n) is 1.71. The van der Waals surface area contributed by atoms with Crippen molar-refractivity contribution in [2.75, 3.05) is 39.7 Å². The van der Waals surface area contributed by atoms with Gasteiger partial charge in [-0.15, -0.1) is 0 Å². The lowest BCUT2D eigenvalue weighted by molar-refractivity contribution is 0.146. The van der Waals surface area contributed by atoms with Crippen LogP contribution in [0.4, 0.5) is 5.69 Å². The molecular weight excluding hydrogens is 296 g/mol. The van der Waals surface area contributed by atoms with Crippen LogP contribution in [0, 0.1) is 0 Å². The minimum Gasteiger partial charge on any atom is -0.495 e. The maximum absolute atomic E-state index is 12.3. The van der Waals surface area contributed by atoms with Crippen molar-refractivity contribution in [1.82, 2.24) is 4.72 Å². The number of nitrogens with two attached hydrogens (primary N) is 1. The van der Waals surface area contributed by atoms with Crippen LogP contribution in [0.15, 0.2) is 17.0 Å². The Labute approximate surface area is 125 Å². The summed E-state index contributed by atoms with van der Waals surface area (Å²) in [7, 11) is -0.866.